The van der Waals surface area contributed by atoms with E-state index in [4.69, 9.17) is 4.74 Å². The van der Waals surface area contributed by atoms with Gasteiger partial charge in [-0.15, -0.1) is 0 Å². The fourth-order valence-electron chi connectivity index (χ4n) is 1.31. The molecule has 7 heteroatoms. The molecule has 1 amide bonds. The number of rotatable bonds is 0. The van der Waals surface area contributed by atoms with E-state index in [0.717, 1.165) is 4.31 Å². The highest BCUT2D eigenvalue weighted by atomic mass is 32.2. The molecule has 0 aromatic rings. The van der Waals surface area contributed by atoms with Crippen LogP contribution in [0.3, 0.4) is 0 Å². The minimum Gasteiger partial charge on any atom is -0.443 e. The van der Waals surface area contributed by atoms with Gasteiger partial charge < -0.3 is 4.74 Å². The molecule has 1 saturated heterocycles. The average Bonchev–Trinajstić information content (AvgIpc) is 1.97. The molecule has 0 aliphatic carbocycles. The van der Waals surface area contributed by atoms with Gasteiger partial charge in [-0.1, -0.05) is 0 Å². The molecule has 0 bridgehead atoms. The summed E-state index contributed by atoms with van der Waals surface area (Å²) in [6, 6.07) is -0.149. The van der Waals surface area contributed by atoms with Crippen molar-refractivity contribution in [3.8, 4) is 0 Å². The Morgan fingerprint density at radius 2 is 2.00 bits per heavy atom. The summed E-state index contributed by atoms with van der Waals surface area (Å²) >= 11 is 0. The highest BCUT2D eigenvalue weighted by Gasteiger charge is 2.35. The van der Waals surface area contributed by atoms with Crippen molar-refractivity contribution < 1.29 is 17.9 Å². The Balaban J connectivity index is 2.77. The Kier molecular flexibility index (Phi) is 3.49. The topological polar surface area (TPSA) is 75.7 Å². The minimum absolute atomic E-state index is 0.149. The number of carbonyl (C=O) groups excluding carboxylic acids is 1. The zero-order chi connectivity index (χ0) is 12.6. The maximum atomic E-state index is 11.6. The van der Waals surface area contributed by atoms with E-state index < -0.39 is 21.9 Å². The van der Waals surface area contributed by atoms with E-state index in [9.17, 15) is 13.2 Å². The van der Waals surface area contributed by atoms with Gasteiger partial charge in [0.2, 0.25) is 0 Å². The van der Waals surface area contributed by atoms with Crippen LogP contribution >= 0.6 is 0 Å². The van der Waals surface area contributed by atoms with Gasteiger partial charge in [0.05, 0.1) is 0 Å². The lowest BCUT2D eigenvalue weighted by molar-refractivity contribution is 0.0376. The van der Waals surface area contributed by atoms with Gasteiger partial charge in [0, 0.05) is 12.6 Å². The van der Waals surface area contributed by atoms with Crippen LogP contribution in [0.1, 0.15) is 34.1 Å². The molecule has 1 heterocycles. The van der Waals surface area contributed by atoms with Gasteiger partial charge in [0.1, 0.15) is 5.60 Å². The molecule has 16 heavy (non-hydrogen) atoms. The van der Waals surface area contributed by atoms with Crippen molar-refractivity contribution in [2.24, 2.45) is 0 Å². The summed E-state index contributed by atoms with van der Waals surface area (Å²) in [6.07, 6.45) is -0.245. The molecule has 1 aliphatic rings. The van der Waals surface area contributed by atoms with Crippen LogP contribution in [0.25, 0.3) is 0 Å². The van der Waals surface area contributed by atoms with E-state index in [1.807, 2.05) is 0 Å². The molecule has 0 spiro atoms. The molecule has 1 atom stereocenters. The number of nitrogens with zero attached hydrogens (tertiary/aromatic N) is 1. The molecule has 1 N–H and O–H groups in total. The number of amides is 1. The molecule has 94 valence electrons. The highest BCUT2D eigenvalue weighted by Crippen LogP contribution is 2.16. The van der Waals surface area contributed by atoms with E-state index in [-0.39, 0.29) is 12.6 Å². The molecule has 1 unspecified atom stereocenters. The summed E-state index contributed by atoms with van der Waals surface area (Å²) in [5, 5.41) is 0. The van der Waals surface area contributed by atoms with Crippen molar-refractivity contribution in [1.82, 2.24) is 9.03 Å². The number of carbonyl (C=O) groups is 1. The molecule has 0 aromatic heterocycles. The van der Waals surface area contributed by atoms with Crippen molar-refractivity contribution in [3.05, 3.63) is 0 Å². The third-order valence-electron chi connectivity index (χ3n) is 2.00. The molecular weight excluding hydrogens is 232 g/mol. The van der Waals surface area contributed by atoms with Crippen LogP contribution in [0.4, 0.5) is 4.79 Å². The molecular formula is C9H18N2O4S. The van der Waals surface area contributed by atoms with E-state index in [1.54, 1.807) is 27.7 Å². The van der Waals surface area contributed by atoms with Gasteiger partial charge in [-0.05, 0) is 34.1 Å². The number of nitrogens with one attached hydrogen (secondary N) is 1. The van der Waals surface area contributed by atoms with Crippen LogP contribution in [-0.4, -0.2) is 37.0 Å². The van der Waals surface area contributed by atoms with E-state index in [0.29, 0.717) is 6.42 Å². The molecule has 1 fully saturated rings. The van der Waals surface area contributed by atoms with Crippen LogP contribution in [0.5, 0.6) is 0 Å². The van der Waals surface area contributed by atoms with Crippen LogP contribution in [-0.2, 0) is 14.9 Å². The van der Waals surface area contributed by atoms with Gasteiger partial charge >= 0.3 is 16.3 Å². The van der Waals surface area contributed by atoms with Crippen LogP contribution < -0.4 is 4.72 Å². The van der Waals surface area contributed by atoms with E-state index in [2.05, 4.69) is 4.72 Å². The van der Waals surface area contributed by atoms with E-state index in [1.165, 1.54) is 0 Å². The average molecular weight is 250 g/mol. The van der Waals surface area contributed by atoms with Crippen molar-refractivity contribution in [1.29, 1.82) is 0 Å². The van der Waals surface area contributed by atoms with Crippen LogP contribution in [0.2, 0.25) is 0 Å². The monoisotopic (exact) mass is 250 g/mol. The Morgan fingerprint density at radius 3 is 2.44 bits per heavy atom. The standard InChI is InChI=1S/C9H18N2O4S/c1-7-5-6-11(16(13,14)10-7)8(12)15-9(2,3)4/h7,10H,5-6H2,1-4H3. The fourth-order valence-corrected chi connectivity index (χ4v) is 2.64. The summed E-state index contributed by atoms with van der Waals surface area (Å²) in [5.74, 6) is 0. The molecule has 1 rings (SSSR count). The van der Waals surface area contributed by atoms with Crippen LogP contribution in [0.15, 0.2) is 0 Å². The third-order valence-corrected chi connectivity index (χ3v) is 3.61. The van der Waals surface area contributed by atoms with Gasteiger partial charge in [0.15, 0.2) is 0 Å². The normalized spacial score (nSPS) is 25.2. The van der Waals surface area contributed by atoms with Crippen molar-refractivity contribution in [2.45, 2.75) is 45.8 Å². The second kappa shape index (κ2) is 4.21. The SMILES string of the molecule is CC1CCN(C(=O)OC(C)(C)C)S(=O)(=O)N1. The van der Waals surface area contributed by atoms with Crippen molar-refractivity contribution >= 4 is 16.3 Å². The quantitative estimate of drug-likeness (QED) is 0.691. The first-order valence-electron chi connectivity index (χ1n) is 5.15. The summed E-state index contributed by atoms with van der Waals surface area (Å²) in [5.41, 5.74) is -0.699. The summed E-state index contributed by atoms with van der Waals surface area (Å²) < 4.78 is 31.4. The lowest BCUT2D eigenvalue weighted by Gasteiger charge is -2.32. The Bertz CT molecular complexity index is 371. The first kappa shape index (κ1) is 13.2. The smallest absolute Gasteiger partial charge is 0.425 e. The maximum absolute atomic E-state index is 11.6. The number of hydrogen-bond donors (Lipinski definition) is 1. The summed E-state index contributed by atoms with van der Waals surface area (Å²) in [4.78, 5) is 11.6. The predicted molar refractivity (Wildman–Crippen MR) is 59.1 cm³/mol. The Labute approximate surface area is 96.1 Å². The van der Waals surface area contributed by atoms with Gasteiger partial charge in [-0.3, -0.25) is 0 Å². The van der Waals surface area contributed by atoms with Gasteiger partial charge in [-0.25, -0.2) is 4.79 Å². The highest BCUT2D eigenvalue weighted by molar-refractivity contribution is 7.87. The summed E-state index contributed by atoms with van der Waals surface area (Å²) in [6.45, 7) is 6.99. The van der Waals surface area contributed by atoms with Crippen molar-refractivity contribution in [3.63, 3.8) is 0 Å². The molecule has 0 saturated carbocycles. The summed E-state index contributed by atoms with van der Waals surface area (Å²) in [7, 11) is -3.74. The zero-order valence-electron chi connectivity index (χ0n) is 9.98. The lowest BCUT2D eigenvalue weighted by Crippen LogP contribution is -2.54. The lowest BCUT2D eigenvalue weighted by atomic mass is 10.2. The maximum Gasteiger partial charge on any atom is 0.425 e. The van der Waals surface area contributed by atoms with E-state index >= 15 is 0 Å². The second-order valence-electron chi connectivity index (χ2n) is 4.87. The third kappa shape index (κ3) is 3.34. The first-order chi connectivity index (χ1) is 7.12. The molecule has 6 nitrogen and oxygen atoms in total. The zero-order valence-corrected chi connectivity index (χ0v) is 10.8. The van der Waals surface area contributed by atoms with Gasteiger partial charge in [-0.2, -0.15) is 17.4 Å². The minimum atomic E-state index is -3.74. The molecule has 0 aromatic carbocycles. The number of hydrogen-bond acceptors (Lipinski definition) is 4. The Morgan fingerprint density at radius 1 is 1.44 bits per heavy atom. The van der Waals surface area contributed by atoms with Crippen LogP contribution in [0, 0.1) is 0 Å². The second-order valence-corrected chi connectivity index (χ2v) is 6.49. The predicted octanol–water partition coefficient (Wildman–Crippen LogP) is 0.850. The fraction of sp³-hybridized carbons (Fsp3) is 0.889. The molecule has 0 radical (unpaired) electrons. The Hall–Kier alpha value is -0.820. The van der Waals surface area contributed by atoms with Crippen molar-refractivity contribution in [2.75, 3.05) is 6.54 Å². The largest absolute Gasteiger partial charge is 0.443 e. The molecule has 1 aliphatic heterocycles. The first-order valence-corrected chi connectivity index (χ1v) is 6.59. The number of ether oxygens (including phenoxy) is 1. The van der Waals surface area contributed by atoms with Gasteiger partial charge in [0.25, 0.3) is 0 Å².